The van der Waals surface area contributed by atoms with Gasteiger partial charge in [-0.2, -0.15) is 10.2 Å². The Bertz CT molecular complexity index is 516. The van der Waals surface area contributed by atoms with E-state index >= 15 is 0 Å². The number of hydrogen-bond acceptors (Lipinski definition) is 3. The summed E-state index contributed by atoms with van der Waals surface area (Å²) in [4.78, 5) is 0. The summed E-state index contributed by atoms with van der Waals surface area (Å²) in [6.07, 6.45) is 2.87. The number of aryl methyl sites for hydroxylation is 2. The van der Waals surface area contributed by atoms with E-state index in [1.165, 1.54) is 0 Å². The number of nitrogens with zero attached hydrogens (tertiary/aromatic N) is 3. The number of nitrogens with one attached hydrogen (secondary N) is 2. The Labute approximate surface area is 115 Å². The molecular formula is C12H18BrN5. The van der Waals surface area contributed by atoms with Crippen LogP contribution < -0.4 is 5.32 Å². The third kappa shape index (κ3) is 3.43. The van der Waals surface area contributed by atoms with Crippen molar-refractivity contribution in [3.8, 4) is 0 Å². The maximum absolute atomic E-state index is 4.38. The zero-order chi connectivity index (χ0) is 13.1. The van der Waals surface area contributed by atoms with Gasteiger partial charge in [0.05, 0.1) is 15.9 Å². The van der Waals surface area contributed by atoms with Crippen LogP contribution in [0.25, 0.3) is 0 Å². The molecule has 98 valence electrons. The molecule has 2 rings (SSSR count). The topological polar surface area (TPSA) is 58.5 Å². The molecule has 0 amide bonds. The van der Waals surface area contributed by atoms with E-state index in [-0.39, 0.29) is 0 Å². The molecule has 0 aromatic carbocycles. The Hall–Kier alpha value is -1.14. The van der Waals surface area contributed by atoms with Gasteiger partial charge in [0, 0.05) is 37.9 Å². The maximum atomic E-state index is 4.38. The van der Waals surface area contributed by atoms with E-state index in [1.807, 2.05) is 24.9 Å². The molecular weight excluding hydrogens is 294 g/mol. The SMILES string of the molecule is Cc1cc(CC(C)NCc2nn(C)cc2Br)n[nH]1. The average Bonchev–Trinajstić information content (AvgIpc) is 2.82. The molecule has 0 bridgehead atoms. The van der Waals surface area contributed by atoms with Gasteiger partial charge in [0.15, 0.2) is 0 Å². The number of aromatic nitrogens is 4. The Balaban J connectivity index is 1.85. The highest BCUT2D eigenvalue weighted by Crippen LogP contribution is 2.14. The molecule has 0 radical (unpaired) electrons. The lowest BCUT2D eigenvalue weighted by atomic mass is 10.2. The Kier molecular flexibility index (Phi) is 4.19. The van der Waals surface area contributed by atoms with Gasteiger partial charge in [0.2, 0.25) is 0 Å². The normalized spacial score (nSPS) is 12.9. The number of H-pyrrole nitrogens is 1. The molecule has 0 aliphatic rings. The van der Waals surface area contributed by atoms with E-state index in [1.54, 1.807) is 0 Å². The molecule has 2 aromatic heterocycles. The van der Waals surface area contributed by atoms with Crippen molar-refractivity contribution in [2.24, 2.45) is 7.05 Å². The van der Waals surface area contributed by atoms with E-state index < -0.39 is 0 Å². The summed E-state index contributed by atoms with van der Waals surface area (Å²) < 4.78 is 2.85. The smallest absolute Gasteiger partial charge is 0.0904 e. The molecule has 5 nitrogen and oxygen atoms in total. The first-order chi connectivity index (χ1) is 8.54. The minimum Gasteiger partial charge on any atom is -0.308 e. The molecule has 2 heterocycles. The summed E-state index contributed by atoms with van der Waals surface area (Å²) in [5.41, 5.74) is 3.22. The van der Waals surface area contributed by atoms with Gasteiger partial charge >= 0.3 is 0 Å². The van der Waals surface area contributed by atoms with Crippen LogP contribution in [0.4, 0.5) is 0 Å². The molecule has 0 aliphatic carbocycles. The fourth-order valence-electron chi connectivity index (χ4n) is 1.86. The highest BCUT2D eigenvalue weighted by Gasteiger charge is 2.09. The van der Waals surface area contributed by atoms with Crippen LogP contribution in [0.5, 0.6) is 0 Å². The van der Waals surface area contributed by atoms with Crippen LogP contribution in [-0.4, -0.2) is 26.0 Å². The molecule has 0 aliphatic heterocycles. The fourth-order valence-corrected chi connectivity index (χ4v) is 2.38. The molecule has 1 unspecified atom stereocenters. The quantitative estimate of drug-likeness (QED) is 0.887. The zero-order valence-electron chi connectivity index (χ0n) is 10.9. The van der Waals surface area contributed by atoms with Crippen LogP contribution in [0.15, 0.2) is 16.7 Å². The molecule has 1 atom stereocenters. The predicted molar refractivity (Wildman–Crippen MR) is 74.2 cm³/mol. The van der Waals surface area contributed by atoms with Gasteiger partial charge in [-0.25, -0.2) is 0 Å². The first-order valence-electron chi connectivity index (χ1n) is 5.97. The third-order valence-electron chi connectivity index (χ3n) is 2.75. The van der Waals surface area contributed by atoms with Gasteiger partial charge in [-0.15, -0.1) is 0 Å². The predicted octanol–water partition coefficient (Wildman–Crippen LogP) is 1.93. The number of aromatic amines is 1. The van der Waals surface area contributed by atoms with Crippen molar-refractivity contribution in [3.05, 3.63) is 33.8 Å². The summed E-state index contributed by atoms with van der Waals surface area (Å²) in [6, 6.07) is 2.44. The Morgan fingerprint density at radius 3 is 2.89 bits per heavy atom. The minimum absolute atomic E-state index is 0.363. The molecule has 0 spiro atoms. The van der Waals surface area contributed by atoms with Gasteiger partial charge in [0.1, 0.15) is 0 Å². The zero-order valence-corrected chi connectivity index (χ0v) is 12.5. The average molecular weight is 312 g/mol. The van der Waals surface area contributed by atoms with Crippen LogP contribution >= 0.6 is 15.9 Å². The molecule has 2 N–H and O–H groups in total. The maximum Gasteiger partial charge on any atom is 0.0904 e. The van der Waals surface area contributed by atoms with E-state index in [9.17, 15) is 0 Å². The molecule has 0 saturated carbocycles. The van der Waals surface area contributed by atoms with E-state index in [0.29, 0.717) is 6.04 Å². The molecule has 0 fully saturated rings. The van der Waals surface area contributed by atoms with E-state index in [0.717, 1.165) is 34.5 Å². The molecule has 18 heavy (non-hydrogen) atoms. The van der Waals surface area contributed by atoms with E-state index in [2.05, 4.69) is 49.5 Å². The van der Waals surface area contributed by atoms with Crippen LogP contribution in [-0.2, 0) is 20.0 Å². The van der Waals surface area contributed by atoms with Crippen molar-refractivity contribution in [1.29, 1.82) is 0 Å². The lowest BCUT2D eigenvalue weighted by Gasteiger charge is -2.11. The summed E-state index contributed by atoms with van der Waals surface area (Å²) in [5.74, 6) is 0. The number of rotatable bonds is 5. The molecule has 2 aromatic rings. The van der Waals surface area contributed by atoms with Crippen molar-refractivity contribution in [1.82, 2.24) is 25.3 Å². The summed E-state index contributed by atoms with van der Waals surface area (Å²) in [5, 5.41) is 15.0. The van der Waals surface area contributed by atoms with Crippen molar-refractivity contribution in [3.63, 3.8) is 0 Å². The minimum atomic E-state index is 0.363. The van der Waals surface area contributed by atoms with Gasteiger partial charge in [-0.1, -0.05) is 0 Å². The second-order valence-electron chi connectivity index (χ2n) is 4.63. The first kappa shape index (κ1) is 13.3. The molecule has 6 heteroatoms. The summed E-state index contributed by atoms with van der Waals surface area (Å²) in [7, 11) is 1.92. The molecule has 0 saturated heterocycles. The van der Waals surface area contributed by atoms with E-state index in [4.69, 9.17) is 0 Å². The largest absolute Gasteiger partial charge is 0.308 e. The van der Waals surface area contributed by atoms with Crippen molar-refractivity contribution in [2.75, 3.05) is 0 Å². The third-order valence-corrected chi connectivity index (χ3v) is 3.41. The number of halogens is 1. The van der Waals surface area contributed by atoms with Crippen molar-refractivity contribution in [2.45, 2.75) is 32.9 Å². The van der Waals surface area contributed by atoms with Crippen molar-refractivity contribution >= 4 is 15.9 Å². The van der Waals surface area contributed by atoms with Crippen LogP contribution in [0.3, 0.4) is 0 Å². The standard InChI is InChI=1S/C12H18BrN5/c1-8(4-10-5-9(2)15-16-10)14-6-12-11(13)7-18(3)17-12/h5,7-8,14H,4,6H2,1-3H3,(H,15,16). The number of hydrogen-bond donors (Lipinski definition) is 2. The Morgan fingerprint density at radius 2 is 2.33 bits per heavy atom. The second-order valence-corrected chi connectivity index (χ2v) is 5.48. The lowest BCUT2D eigenvalue weighted by Crippen LogP contribution is -2.28. The summed E-state index contributed by atoms with van der Waals surface area (Å²) >= 11 is 3.50. The van der Waals surface area contributed by atoms with Gasteiger partial charge in [-0.05, 0) is 35.8 Å². The van der Waals surface area contributed by atoms with Crippen LogP contribution in [0.1, 0.15) is 24.0 Å². The summed E-state index contributed by atoms with van der Waals surface area (Å²) in [6.45, 7) is 4.92. The fraction of sp³-hybridized carbons (Fsp3) is 0.500. The van der Waals surface area contributed by atoms with Gasteiger partial charge in [0.25, 0.3) is 0 Å². The highest BCUT2D eigenvalue weighted by molar-refractivity contribution is 9.10. The van der Waals surface area contributed by atoms with Crippen LogP contribution in [0, 0.1) is 6.92 Å². The monoisotopic (exact) mass is 311 g/mol. The Morgan fingerprint density at radius 1 is 1.56 bits per heavy atom. The van der Waals surface area contributed by atoms with Crippen LogP contribution in [0.2, 0.25) is 0 Å². The lowest BCUT2D eigenvalue weighted by molar-refractivity contribution is 0.530. The van der Waals surface area contributed by atoms with Gasteiger partial charge < -0.3 is 5.32 Å². The van der Waals surface area contributed by atoms with Crippen molar-refractivity contribution < 1.29 is 0 Å². The first-order valence-corrected chi connectivity index (χ1v) is 6.76. The highest BCUT2D eigenvalue weighted by atomic mass is 79.9. The van der Waals surface area contributed by atoms with Gasteiger partial charge in [-0.3, -0.25) is 9.78 Å². The second kappa shape index (κ2) is 5.67.